The first-order valence-corrected chi connectivity index (χ1v) is 9.70. The van der Waals surface area contributed by atoms with Gasteiger partial charge in [-0.15, -0.1) is 0 Å². The molecule has 2 aromatic carbocycles. The minimum atomic E-state index is -4.50. The molecule has 2 N–H and O–H groups in total. The second-order valence-electron chi connectivity index (χ2n) is 7.43. The van der Waals surface area contributed by atoms with E-state index in [1.54, 1.807) is 6.07 Å². The number of amides is 1. The van der Waals surface area contributed by atoms with Crippen LogP contribution in [-0.4, -0.2) is 47.3 Å². The van der Waals surface area contributed by atoms with Crippen LogP contribution in [0.25, 0.3) is 0 Å². The van der Waals surface area contributed by atoms with E-state index < -0.39 is 23.6 Å². The topological polar surface area (TPSA) is 86.7 Å². The molecule has 0 atom stereocenters. The van der Waals surface area contributed by atoms with Crippen molar-refractivity contribution >= 4 is 23.3 Å². The average molecular weight is 434 g/mol. The molecular formula is C22H21F3N2O4. The number of rotatable bonds is 6. The lowest BCUT2D eigenvalue weighted by Gasteiger charge is -2.30. The number of anilines is 1. The van der Waals surface area contributed by atoms with E-state index in [0.29, 0.717) is 31.6 Å². The van der Waals surface area contributed by atoms with Crippen molar-refractivity contribution in [1.82, 2.24) is 4.90 Å². The number of likely N-dealkylation sites (tertiary alicyclic amines) is 1. The van der Waals surface area contributed by atoms with Gasteiger partial charge in [-0.2, -0.15) is 13.2 Å². The lowest BCUT2D eigenvalue weighted by Crippen LogP contribution is -2.40. The number of nitrogens with one attached hydrogen (secondary N) is 1. The normalized spacial score (nSPS) is 15.5. The number of piperidine rings is 1. The van der Waals surface area contributed by atoms with Crippen LogP contribution < -0.4 is 5.32 Å². The first-order chi connectivity index (χ1) is 14.6. The van der Waals surface area contributed by atoms with Crippen LogP contribution >= 0.6 is 0 Å². The Hall–Kier alpha value is -3.20. The number of carboxylic acids is 1. The number of benzene rings is 2. The van der Waals surface area contributed by atoms with Gasteiger partial charge in [0.15, 0.2) is 5.78 Å². The summed E-state index contributed by atoms with van der Waals surface area (Å²) in [6.07, 6.45) is -3.62. The molecule has 0 radical (unpaired) electrons. The SMILES string of the molecule is O=C(CN1CCC(C(=O)c2cccc(C(F)(F)F)c2)CC1)Nc1cccc(C(=O)O)c1. The molecular weight excluding hydrogens is 413 g/mol. The number of Topliss-reactive ketones (excluding diaryl/α,β-unsaturated/α-hetero) is 1. The van der Waals surface area contributed by atoms with E-state index >= 15 is 0 Å². The predicted octanol–water partition coefficient (Wildman–Crippen LogP) is 3.94. The molecule has 1 aliphatic heterocycles. The number of hydrogen-bond donors (Lipinski definition) is 2. The number of nitrogens with zero attached hydrogens (tertiary/aromatic N) is 1. The third kappa shape index (κ3) is 5.91. The summed E-state index contributed by atoms with van der Waals surface area (Å²) in [6, 6.07) is 10.3. The number of carbonyl (C=O) groups excluding carboxylic acids is 2. The zero-order chi connectivity index (χ0) is 22.6. The number of ketones is 1. The van der Waals surface area contributed by atoms with E-state index in [9.17, 15) is 27.6 Å². The molecule has 1 saturated heterocycles. The van der Waals surface area contributed by atoms with Gasteiger partial charge < -0.3 is 10.4 Å². The molecule has 0 saturated carbocycles. The monoisotopic (exact) mass is 434 g/mol. The van der Waals surface area contributed by atoms with Crippen LogP contribution in [-0.2, 0) is 11.0 Å². The molecule has 9 heteroatoms. The summed E-state index contributed by atoms with van der Waals surface area (Å²) in [6.45, 7) is 0.984. The van der Waals surface area contributed by atoms with Gasteiger partial charge in [-0.1, -0.05) is 18.2 Å². The molecule has 1 amide bonds. The Morgan fingerprint density at radius 2 is 1.65 bits per heavy atom. The molecule has 0 aliphatic carbocycles. The molecule has 0 spiro atoms. The van der Waals surface area contributed by atoms with Crippen LogP contribution in [0.3, 0.4) is 0 Å². The number of aromatic carboxylic acids is 1. The van der Waals surface area contributed by atoms with E-state index in [1.165, 1.54) is 30.3 Å². The molecule has 0 bridgehead atoms. The third-order valence-electron chi connectivity index (χ3n) is 5.19. The summed E-state index contributed by atoms with van der Waals surface area (Å²) in [5, 5.41) is 11.7. The van der Waals surface area contributed by atoms with Crippen LogP contribution in [0.2, 0.25) is 0 Å². The average Bonchev–Trinajstić information content (AvgIpc) is 2.73. The van der Waals surface area contributed by atoms with Gasteiger partial charge in [0.25, 0.3) is 0 Å². The summed E-state index contributed by atoms with van der Waals surface area (Å²) in [4.78, 5) is 37.7. The standard InChI is InChI=1S/C22H21F3N2O4/c23-22(24,25)17-5-1-3-15(11-17)20(29)14-7-9-27(10-8-14)13-19(28)26-18-6-2-4-16(12-18)21(30)31/h1-6,11-12,14H,7-10,13H2,(H,26,28)(H,30,31). The van der Waals surface area contributed by atoms with E-state index in [2.05, 4.69) is 5.32 Å². The molecule has 3 rings (SSSR count). The highest BCUT2D eigenvalue weighted by molar-refractivity contribution is 5.98. The van der Waals surface area contributed by atoms with Gasteiger partial charge in [0.05, 0.1) is 17.7 Å². The summed E-state index contributed by atoms with van der Waals surface area (Å²) < 4.78 is 38.6. The number of hydrogen-bond acceptors (Lipinski definition) is 4. The smallest absolute Gasteiger partial charge is 0.416 e. The van der Waals surface area contributed by atoms with E-state index in [4.69, 9.17) is 5.11 Å². The number of halogens is 3. The van der Waals surface area contributed by atoms with Gasteiger partial charge in [-0.25, -0.2) is 4.79 Å². The maximum Gasteiger partial charge on any atom is 0.416 e. The molecule has 2 aromatic rings. The Kier molecular flexibility index (Phi) is 6.74. The van der Waals surface area contributed by atoms with Crippen molar-refractivity contribution in [2.24, 2.45) is 5.92 Å². The number of alkyl halides is 3. The van der Waals surface area contributed by atoms with Crippen LogP contribution in [0.5, 0.6) is 0 Å². The lowest BCUT2D eigenvalue weighted by atomic mass is 9.88. The molecule has 31 heavy (non-hydrogen) atoms. The quantitative estimate of drug-likeness (QED) is 0.673. The van der Waals surface area contributed by atoms with Gasteiger partial charge in [-0.3, -0.25) is 14.5 Å². The molecule has 0 unspecified atom stereocenters. The van der Waals surface area contributed by atoms with Crippen molar-refractivity contribution in [3.8, 4) is 0 Å². The van der Waals surface area contributed by atoms with E-state index in [-0.39, 0.29) is 29.4 Å². The Morgan fingerprint density at radius 1 is 1.00 bits per heavy atom. The Bertz CT molecular complexity index is 983. The first kappa shape index (κ1) is 22.5. The second-order valence-corrected chi connectivity index (χ2v) is 7.43. The van der Waals surface area contributed by atoms with E-state index in [0.717, 1.165) is 12.1 Å². The fourth-order valence-electron chi connectivity index (χ4n) is 3.57. The van der Waals surface area contributed by atoms with Gasteiger partial charge in [0.1, 0.15) is 0 Å². The molecule has 1 heterocycles. The van der Waals surface area contributed by atoms with Crippen molar-refractivity contribution in [2.75, 3.05) is 25.0 Å². The largest absolute Gasteiger partial charge is 0.478 e. The van der Waals surface area contributed by atoms with Gasteiger partial charge in [0.2, 0.25) is 5.91 Å². The highest BCUT2D eigenvalue weighted by Gasteiger charge is 2.32. The maximum atomic E-state index is 12.9. The minimum Gasteiger partial charge on any atom is -0.478 e. The predicted molar refractivity (Wildman–Crippen MR) is 107 cm³/mol. The summed E-state index contributed by atoms with van der Waals surface area (Å²) in [5.74, 6) is -2.12. The molecule has 6 nitrogen and oxygen atoms in total. The summed E-state index contributed by atoms with van der Waals surface area (Å²) in [7, 11) is 0. The number of carboxylic acid groups (broad SMARTS) is 1. The van der Waals surface area contributed by atoms with Crippen molar-refractivity contribution in [3.63, 3.8) is 0 Å². The summed E-state index contributed by atoms with van der Waals surface area (Å²) >= 11 is 0. The molecule has 1 aliphatic rings. The Morgan fingerprint density at radius 3 is 2.29 bits per heavy atom. The Balaban J connectivity index is 1.52. The number of carbonyl (C=O) groups is 3. The maximum absolute atomic E-state index is 12.9. The van der Waals surface area contributed by atoms with Crippen molar-refractivity contribution in [2.45, 2.75) is 19.0 Å². The minimum absolute atomic E-state index is 0.0457. The lowest BCUT2D eigenvalue weighted by molar-refractivity contribution is -0.137. The fourth-order valence-corrected chi connectivity index (χ4v) is 3.57. The van der Waals surface area contributed by atoms with Gasteiger partial charge in [-0.05, 0) is 56.3 Å². The van der Waals surface area contributed by atoms with Crippen LogP contribution in [0.15, 0.2) is 48.5 Å². The second kappa shape index (κ2) is 9.30. The van der Waals surface area contributed by atoms with Crippen molar-refractivity contribution < 1.29 is 32.7 Å². The fraction of sp³-hybridized carbons (Fsp3) is 0.318. The van der Waals surface area contributed by atoms with Gasteiger partial charge in [0, 0.05) is 17.2 Å². The zero-order valence-electron chi connectivity index (χ0n) is 16.5. The highest BCUT2D eigenvalue weighted by Crippen LogP contribution is 2.31. The van der Waals surface area contributed by atoms with Gasteiger partial charge >= 0.3 is 12.1 Å². The molecule has 164 valence electrons. The van der Waals surface area contributed by atoms with E-state index in [1.807, 2.05) is 4.90 Å². The van der Waals surface area contributed by atoms with Crippen molar-refractivity contribution in [1.29, 1.82) is 0 Å². The summed E-state index contributed by atoms with van der Waals surface area (Å²) in [5.41, 5.74) is -0.366. The van der Waals surface area contributed by atoms with Crippen LogP contribution in [0.1, 0.15) is 39.1 Å². The highest BCUT2D eigenvalue weighted by atomic mass is 19.4. The third-order valence-corrected chi connectivity index (χ3v) is 5.19. The van der Waals surface area contributed by atoms with Crippen molar-refractivity contribution in [3.05, 3.63) is 65.2 Å². The first-order valence-electron chi connectivity index (χ1n) is 9.70. The molecule has 1 fully saturated rings. The zero-order valence-corrected chi connectivity index (χ0v) is 16.5. The Labute approximate surface area is 176 Å². The van der Waals surface area contributed by atoms with Crippen LogP contribution in [0, 0.1) is 5.92 Å². The van der Waals surface area contributed by atoms with Crippen LogP contribution in [0.4, 0.5) is 18.9 Å². The molecule has 0 aromatic heterocycles.